The third-order valence-corrected chi connectivity index (χ3v) is 5.18. The van der Waals surface area contributed by atoms with Crippen LogP contribution in [-0.2, 0) is 7.05 Å². The fourth-order valence-electron chi connectivity index (χ4n) is 3.45. The summed E-state index contributed by atoms with van der Waals surface area (Å²) in [7, 11) is 1.97. The average molecular weight is 369 g/mol. The number of amides is 1. The van der Waals surface area contributed by atoms with Crippen molar-refractivity contribution in [3.8, 4) is 17.1 Å². The molecule has 1 aliphatic heterocycles. The molecule has 0 unspecified atom stereocenters. The second kappa shape index (κ2) is 7.00. The van der Waals surface area contributed by atoms with Crippen LogP contribution in [0.3, 0.4) is 0 Å². The largest absolute Gasteiger partial charge is 0.349 e. The number of likely N-dealkylation sites (tertiary alicyclic amines) is 1. The number of hydrogen-bond acceptors (Lipinski definition) is 2. The van der Waals surface area contributed by atoms with Gasteiger partial charge in [0.1, 0.15) is 11.4 Å². The molecule has 3 heterocycles. The topological polar surface area (TPSA) is 43.1 Å². The van der Waals surface area contributed by atoms with Crippen molar-refractivity contribution in [2.24, 2.45) is 7.05 Å². The number of rotatable bonds is 3. The van der Waals surface area contributed by atoms with Crippen molar-refractivity contribution < 1.29 is 4.79 Å². The average Bonchev–Trinajstić information content (AvgIpc) is 3.28. The molecule has 0 saturated carbocycles. The second-order valence-electron chi connectivity index (χ2n) is 6.64. The van der Waals surface area contributed by atoms with Gasteiger partial charge in [0.05, 0.1) is 16.4 Å². The molecule has 0 atom stereocenters. The smallest absolute Gasteiger partial charge is 0.272 e. The van der Waals surface area contributed by atoms with Crippen molar-refractivity contribution in [1.29, 1.82) is 0 Å². The maximum Gasteiger partial charge on any atom is 0.272 e. The van der Waals surface area contributed by atoms with E-state index in [0.29, 0.717) is 10.7 Å². The standard InChI is InChI=1S/C20H21ClN4O/c1-23-11-7-10-18(23)16-14-19(20(26)24-12-5-2-6-13-24)25(22-16)17-9-4-3-8-15(17)21/h3-4,7-11,14H,2,5-6,12-13H2,1H3. The highest BCUT2D eigenvalue weighted by molar-refractivity contribution is 6.32. The molecule has 1 aromatic carbocycles. The van der Waals surface area contributed by atoms with E-state index in [1.807, 2.05) is 65.2 Å². The minimum absolute atomic E-state index is 0.0116. The van der Waals surface area contributed by atoms with Gasteiger partial charge in [-0.1, -0.05) is 23.7 Å². The zero-order valence-corrected chi connectivity index (χ0v) is 15.5. The Morgan fingerprint density at radius 1 is 1.08 bits per heavy atom. The summed E-state index contributed by atoms with van der Waals surface area (Å²) in [5.74, 6) is 0.0116. The molecule has 4 rings (SSSR count). The first kappa shape index (κ1) is 16.9. The molecule has 26 heavy (non-hydrogen) atoms. The molecule has 0 spiro atoms. The number of halogens is 1. The van der Waals surface area contributed by atoms with Crippen molar-refractivity contribution >= 4 is 17.5 Å². The van der Waals surface area contributed by atoms with E-state index in [9.17, 15) is 4.79 Å². The fourth-order valence-corrected chi connectivity index (χ4v) is 3.67. The summed E-state index contributed by atoms with van der Waals surface area (Å²) in [6.45, 7) is 1.60. The van der Waals surface area contributed by atoms with Crippen LogP contribution in [0.5, 0.6) is 0 Å². The molecular formula is C20H21ClN4O. The van der Waals surface area contributed by atoms with Crippen LogP contribution in [0.4, 0.5) is 0 Å². The van der Waals surface area contributed by atoms with Gasteiger partial charge in [0.2, 0.25) is 0 Å². The van der Waals surface area contributed by atoms with Crippen LogP contribution >= 0.6 is 11.6 Å². The lowest BCUT2D eigenvalue weighted by Crippen LogP contribution is -2.36. The van der Waals surface area contributed by atoms with Gasteiger partial charge in [-0.2, -0.15) is 5.10 Å². The van der Waals surface area contributed by atoms with Crippen molar-refractivity contribution in [3.63, 3.8) is 0 Å². The molecule has 1 aliphatic rings. The van der Waals surface area contributed by atoms with Crippen LogP contribution in [0.2, 0.25) is 5.02 Å². The Bertz CT molecular complexity index is 937. The van der Waals surface area contributed by atoms with E-state index in [4.69, 9.17) is 16.7 Å². The van der Waals surface area contributed by atoms with Crippen LogP contribution in [0.1, 0.15) is 29.8 Å². The first-order valence-corrected chi connectivity index (χ1v) is 9.29. The molecule has 6 heteroatoms. The van der Waals surface area contributed by atoms with E-state index >= 15 is 0 Å². The minimum atomic E-state index is 0.0116. The van der Waals surface area contributed by atoms with E-state index in [1.54, 1.807) is 4.68 Å². The lowest BCUT2D eigenvalue weighted by atomic mass is 10.1. The maximum absolute atomic E-state index is 13.2. The molecule has 2 aromatic heterocycles. The van der Waals surface area contributed by atoms with Gasteiger partial charge in [-0.05, 0) is 49.6 Å². The van der Waals surface area contributed by atoms with Gasteiger partial charge in [-0.15, -0.1) is 0 Å². The predicted molar refractivity (Wildman–Crippen MR) is 103 cm³/mol. The number of carbonyl (C=O) groups excluding carboxylic acids is 1. The van der Waals surface area contributed by atoms with Crippen LogP contribution in [-0.4, -0.2) is 38.2 Å². The first-order valence-electron chi connectivity index (χ1n) is 8.91. The molecule has 1 fully saturated rings. The minimum Gasteiger partial charge on any atom is -0.349 e. The van der Waals surface area contributed by atoms with E-state index in [-0.39, 0.29) is 5.91 Å². The van der Waals surface area contributed by atoms with Gasteiger partial charge in [0, 0.05) is 26.3 Å². The van der Waals surface area contributed by atoms with E-state index in [1.165, 1.54) is 6.42 Å². The zero-order valence-electron chi connectivity index (χ0n) is 14.7. The van der Waals surface area contributed by atoms with E-state index < -0.39 is 0 Å². The summed E-state index contributed by atoms with van der Waals surface area (Å²) < 4.78 is 3.68. The highest BCUT2D eigenvalue weighted by atomic mass is 35.5. The highest BCUT2D eigenvalue weighted by Crippen LogP contribution is 2.27. The Labute approximate surface area is 157 Å². The second-order valence-corrected chi connectivity index (χ2v) is 7.04. The van der Waals surface area contributed by atoms with Crippen molar-refractivity contribution in [1.82, 2.24) is 19.2 Å². The fraction of sp³-hybridized carbons (Fsp3) is 0.300. The Balaban J connectivity index is 1.83. The molecule has 0 N–H and O–H groups in total. The third-order valence-electron chi connectivity index (χ3n) is 4.86. The van der Waals surface area contributed by atoms with Crippen LogP contribution in [0.25, 0.3) is 17.1 Å². The molecular weight excluding hydrogens is 348 g/mol. The summed E-state index contributed by atoms with van der Waals surface area (Å²) in [6.07, 6.45) is 5.26. The number of carbonyl (C=O) groups is 1. The summed E-state index contributed by atoms with van der Waals surface area (Å²) in [4.78, 5) is 15.1. The number of hydrogen-bond donors (Lipinski definition) is 0. The number of nitrogens with zero attached hydrogens (tertiary/aromatic N) is 4. The Hall–Kier alpha value is -2.53. The van der Waals surface area contributed by atoms with Gasteiger partial charge in [0.15, 0.2) is 0 Å². The van der Waals surface area contributed by atoms with Crippen LogP contribution < -0.4 is 0 Å². The quantitative estimate of drug-likeness (QED) is 0.696. The van der Waals surface area contributed by atoms with Gasteiger partial charge in [-0.3, -0.25) is 4.79 Å². The third kappa shape index (κ3) is 3.03. The van der Waals surface area contributed by atoms with Crippen molar-refractivity contribution in [3.05, 3.63) is 59.4 Å². The summed E-state index contributed by atoms with van der Waals surface area (Å²) in [5, 5.41) is 5.30. The lowest BCUT2D eigenvalue weighted by Gasteiger charge is -2.26. The molecule has 5 nitrogen and oxygen atoms in total. The number of aryl methyl sites for hydroxylation is 1. The van der Waals surface area contributed by atoms with Crippen molar-refractivity contribution in [2.75, 3.05) is 13.1 Å². The van der Waals surface area contributed by atoms with E-state index in [0.717, 1.165) is 43.0 Å². The summed E-state index contributed by atoms with van der Waals surface area (Å²) in [5.41, 5.74) is 2.99. The molecule has 3 aromatic rings. The molecule has 0 radical (unpaired) electrons. The summed E-state index contributed by atoms with van der Waals surface area (Å²) >= 11 is 6.40. The molecule has 1 amide bonds. The van der Waals surface area contributed by atoms with Gasteiger partial charge >= 0.3 is 0 Å². The van der Waals surface area contributed by atoms with E-state index in [2.05, 4.69) is 0 Å². The van der Waals surface area contributed by atoms with Crippen molar-refractivity contribution in [2.45, 2.75) is 19.3 Å². The number of para-hydroxylation sites is 1. The number of benzene rings is 1. The monoisotopic (exact) mass is 368 g/mol. The predicted octanol–water partition coefficient (Wildman–Crippen LogP) is 4.16. The summed E-state index contributed by atoms with van der Waals surface area (Å²) in [6, 6.07) is 13.3. The van der Waals surface area contributed by atoms with Crippen LogP contribution in [0, 0.1) is 0 Å². The van der Waals surface area contributed by atoms with Gasteiger partial charge < -0.3 is 9.47 Å². The zero-order chi connectivity index (χ0) is 18.1. The van der Waals surface area contributed by atoms with Crippen LogP contribution in [0.15, 0.2) is 48.7 Å². The number of piperidine rings is 1. The van der Waals surface area contributed by atoms with Gasteiger partial charge in [0.25, 0.3) is 5.91 Å². The van der Waals surface area contributed by atoms with Gasteiger partial charge in [-0.25, -0.2) is 4.68 Å². The maximum atomic E-state index is 13.2. The normalized spacial score (nSPS) is 14.6. The number of aromatic nitrogens is 3. The molecule has 134 valence electrons. The Morgan fingerprint density at radius 3 is 2.54 bits per heavy atom. The molecule has 1 saturated heterocycles. The molecule has 0 aliphatic carbocycles. The Kier molecular flexibility index (Phi) is 4.55. The highest BCUT2D eigenvalue weighted by Gasteiger charge is 2.25. The lowest BCUT2D eigenvalue weighted by molar-refractivity contribution is 0.0715. The SMILES string of the molecule is Cn1cccc1-c1cc(C(=O)N2CCCCC2)n(-c2ccccc2Cl)n1. The first-order chi connectivity index (χ1) is 12.6. The Morgan fingerprint density at radius 2 is 1.85 bits per heavy atom. The molecule has 0 bridgehead atoms.